The van der Waals surface area contributed by atoms with E-state index in [1.54, 1.807) is 24.3 Å². The Hall–Kier alpha value is -4.67. The molecule has 45 heavy (non-hydrogen) atoms. The Morgan fingerprint density at radius 3 is 2.42 bits per heavy atom. The Kier molecular flexibility index (Phi) is 10.00. The minimum atomic E-state index is -4.68. The lowest BCUT2D eigenvalue weighted by atomic mass is 9.85. The lowest BCUT2D eigenvalue weighted by Crippen LogP contribution is -2.37. The molecule has 1 aliphatic rings. The Balaban J connectivity index is 1.31. The molecule has 0 aliphatic carbocycles. The molecule has 0 fully saturated rings. The number of phenols is 1. The van der Waals surface area contributed by atoms with E-state index in [-0.39, 0.29) is 24.0 Å². The highest BCUT2D eigenvalue weighted by Gasteiger charge is 2.36. The summed E-state index contributed by atoms with van der Waals surface area (Å²) in [6.45, 7) is 7.85. The van der Waals surface area contributed by atoms with Crippen LogP contribution in [0.2, 0.25) is 0 Å². The zero-order valence-corrected chi connectivity index (χ0v) is 25.8. The number of hydrogen-bond acceptors (Lipinski definition) is 5. The Bertz CT molecular complexity index is 1600. The van der Waals surface area contributed by atoms with E-state index in [4.69, 9.17) is 20.6 Å². The number of carbonyl (C=O) groups excluding carboxylic acids is 1. The van der Waals surface area contributed by atoms with Gasteiger partial charge in [0.05, 0.1) is 12.2 Å². The number of ether oxygens (including phenoxy) is 2. The summed E-state index contributed by atoms with van der Waals surface area (Å²) in [5, 5.41) is 22.7. The van der Waals surface area contributed by atoms with E-state index >= 15 is 0 Å². The van der Waals surface area contributed by atoms with Crippen molar-refractivity contribution in [3.05, 3.63) is 81.9 Å². The summed E-state index contributed by atoms with van der Waals surface area (Å²) < 4.78 is 53.7. The zero-order chi connectivity index (χ0) is 32.9. The fraction of sp³-hybridized carbons (Fsp3) is 0.353. The molecule has 0 radical (unpaired) electrons. The summed E-state index contributed by atoms with van der Waals surface area (Å²) in [7, 11) is 0. The van der Waals surface area contributed by atoms with Gasteiger partial charge in [0, 0.05) is 23.0 Å². The molecule has 11 heteroatoms. The highest BCUT2D eigenvalue weighted by atomic mass is 19.4. The molecule has 4 rings (SSSR count). The molecule has 8 nitrogen and oxygen atoms in total. The summed E-state index contributed by atoms with van der Waals surface area (Å²) in [5.74, 6) is 0.0285. The van der Waals surface area contributed by atoms with E-state index in [0.29, 0.717) is 36.3 Å². The van der Waals surface area contributed by atoms with E-state index in [1.807, 2.05) is 27.7 Å². The van der Waals surface area contributed by atoms with Crippen LogP contribution in [0.3, 0.4) is 0 Å². The van der Waals surface area contributed by atoms with Gasteiger partial charge < -0.3 is 30.9 Å². The number of phenolic OH excluding ortho intramolecular Hbond substituents is 1. The number of fused-ring (bicyclic) bond motifs is 1. The molecule has 3 aromatic carbocycles. The molecule has 0 saturated heterocycles. The van der Waals surface area contributed by atoms with E-state index in [0.717, 1.165) is 46.9 Å². The van der Waals surface area contributed by atoms with E-state index < -0.39 is 23.2 Å². The minimum absolute atomic E-state index is 0.0120. The second-order valence-corrected chi connectivity index (χ2v) is 11.6. The van der Waals surface area contributed by atoms with Gasteiger partial charge in [0.15, 0.2) is 5.96 Å². The number of alkyl halides is 3. The topological polar surface area (TPSA) is 130 Å². The van der Waals surface area contributed by atoms with Crippen molar-refractivity contribution in [3.8, 4) is 17.2 Å². The first-order valence-corrected chi connectivity index (χ1v) is 14.7. The second-order valence-electron chi connectivity index (χ2n) is 11.6. The predicted molar refractivity (Wildman–Crippen MR) is 170 cm³/mol. The Morgan fingerprint density at radius 1 is 1.07 bits per heavy atom. The van der Waals surface area contributed by atoms with Crippen LogP contribution < -0.4 is 25.8 Å². The number of rotatable bonds is 10. The molecule has 0 saturated carbocycles. The van der Waals surface area contributed by atoms with Crippen LogP contribution in [0.25, 0.3) is 6.08 Å². The molecule has 1 atom stereocenters. The van der Waals surface area contributed by atoms with Crippen LogP contribution in [-0.2, 0) is 17.4 Å². The largest absolute Gasteiger partial charge is 0.507 e. The smallest absolute Gasteiger partial charge is 0.420 e. The van der Waals surface area contributed by atoms with Crippen molar-refractivity contribution in [2.45, 2.75) is 71.6 Å². The molecule has 1 amide bonds. The van der Waals surface area contributed by atoms with Crippen LogP contribution >= 0.6 is 0 Å². The second kappa shape index (κ2) is 13.5. The maximum atomic E-state index is 13.9. The first-order valence-electron chi connectivity index (χ1n) is 14.7. The lowest BCUT2D eigenvalue weighted by Gasteiger charge is -2.38. The maximum Gasteiger partial charge on any atom is 0.420 e. The summed E-state index contributed by atoms with van der Waals surface area (Å²) in [6.07, 6.45) is 1.54. The Morgan fingerprint density at radius 2 is 1.76 bits per heavy atom. The highest BCUT2D eigenvalue weighted by molar-refractivity contribution is 6.02. The van der Waals surface area contributed by atoms with Crippen LogP contribution in [0.1, 0.15) is 66.0 Å². The van der Waals surface area contributed by atoms with Crippen molar-refractivity contribution in [3.63, 3.8) is 0 Å². The lowest BCUT2D eigenvalue weighted by molar-refractivity contribution is -0.139. The van der Waals surface area contributed by atoms with Gasteiger partial charge in [0.25, 0.3) is 0 Å². The van der Waals surface area contributed by atoms with Gasteiger partial charge in [-0.15, -0.1) is 0 Å². The molecule has 0 bridgehead atoms. The van der Waals surface area contributed by atoms with E-state index in [9.17, 15) is 23.1 Å². The predicted octanol–water partition coefficient (Wildman–Crippen LogP) is 7.63. The number of nitrogens with two attached hydrogens (primary N) is 1. The number of anilines is 2. The molecule has 3 aromatic rings. The van der Waals surface area contributed by atoms with Gasteiger partial charge in [-0.3, -0.25) is 10.2 Å². The van der Waals surface area contributed by atoms with E-state index in [1.165, 1.54) is 24.3 Å². The number of aromatic hydroxyl groups is 1. The number of nitrogens with one attached hydrogen (secondary N) is 3. The first-order chi connectivity index (χ1) is 21.2. The third-order valence-electron chi connectivity index (χ3n) is 8.12. The molecule has 1 heterocycles. The van der Waals surface area contributed by atoms with Crippen molar-refractivity contribution in [1.29, 1.82) is 5.41 Å². The monoisotopic (exact) mass is 624 g/mol. The summed E-state index contributed by atoms with van der Waals surface area (Å²) in [4.78, 5) is 12.4. The summed E-state index contributed by atoms with van der Waals surface area (Å²) >= 11 is 0. The fourth-order valence-electron chi connectivity index (χ4n) is 5.40. The van der Waals surface area contributed by atoms with Crippen LogP contribution in [0.5, 0.6) is 17.2 Å². The van der Waals surface area contributed by atoms with Crippen LogP contribution in [-0.4, -0.2) is 29.2 Å². The molecular weight excluding hydrogens is 585 g/mol. The van der Waals surface area contributed by atoms with Crippen molar-refractivity contribution >= 4 is 29.3 Å². The van der Waals surface area contributed by atoms with Crippen molar-refractivity contribution in [2.75, 3.05) is 17.2 Å². The number of halogens is 3. The van der Waals surface area contributed by atoms with Crippen molar-refractivity contribution in [2.24, 2.45) is 5.73 Å². The quantitative estimate of drug-likeness (QED) is 0.0683. The molecule has 0 aromatic heterocycles. The fourth-order valence-corrected chi connectivity index (χ4v) is 5.40. The SMILES string of the molecule is Cc1c(C)c2c(c(C)c1O)CCC(C)(CCCCOc1ccc(NC(=O)C=Cc3ccc(NC(=N)N)cc3)cc1C(F)(F)F)O2. The van der Waals surface area contributed by atoms with Gasteiger partial charge in [-0.1, -0.05) is 12.1 Å². The average Bonchev–Trinajstić information content (AvgIpc) is 2.98. The van der Waals surface area contributed by atoms with Crippen molar-refractivity contribution in [1.82, 2.24) is 0 Å². The third kappa shape index (κ3) is 8.29. The maximum absolute atomic E-state index is 13.9. The van der Waals surface area contributed by atoms with Gasteiger partial charge in [-0.05, 0) is 118 Å². The molecular formula is C34H39F3N4O4. The number of unbranched alkanes of at least 4 members (excludes halogenated alkanes) is 1. The number of benzene rings is 3. The van der Waals surface area contributed by atoms with E-state index in [2.05, 4.69) is 10.6 Å². The molecule has 6 N–H and O–H groups in total. The number of amides is 1. The normalized spacial score (nSPS) is 16.2. The average molecular weight is 625 g/mol. The van der Waals surface area contributed by atoms with Crippen LogP contribution in [0.15, 0.2) is 48.5 Å². The van der Waals surface area contributed by atoms with Crippen LogP contribution in [0, 0.1) is 26.2 Å². The molecule has 0 spiro atoms. The van der Waals surface area contributed by atoms with Crippen molar-refractivity contribution < 1.29 is 32.5 Å². The van der Waals surface area contributed by atoms with Gasteiger partial charge in [-0.25, -0.2) is 0 Å². The van der Waals surface area contributed by atoms with Gasteiger partial charge in [0.1, 0.15) is 22.8 Å². The number of hydrogen-bond donors (Lipinski definition) is 5. The minimum Gasteiger partial charge on any atom is -0.507 e. The number of carbonyl (C=O) groups is 1. The van der Waals surface area contributed by atoms with Gasteiger partial charge in [-0.2, -0.15) is 13.2 Å². The highest BCUT2D eigenvalue weighted by Crippen LogP contribution is 2.44. The molecule has 240 valence electrons. The number of guanidine groups is 1. The molecule has 1 aliphatic heterocycles. The third-order valence-corrected chi connectivity index (χ3v) is 8.12. The first kappa shape index (κ1) is 33.2. The standard InChI is InChI=1S/C34H39F3N4O4/c1-20-21(2)31-26(22(3)30(20)43)15-17-33(4,45-31)16-5-6-18-44-28-13-12-25(19-27(28)34(35,36)37)40-29(42)14-9-23-7-10-24(11-8-23)41-32(38)39/h7-14,19,43H,5-6,15-18H2,1-4H3,(H,40,42)(H4,38,39,41). The van der Waals surface area contributed by atoms with Crippen LogP contribution in [0.4, 0.5) is 24.5 Å². The van der Waals surface area contributed by atoms with Gasteiger partial charge >= 0.3 is 6.18 Å². The summed E-state index contributed by atoms with van der Waals surface area (Å²) in [5.41, 5.74) is 8.77. The van der Waals surface area contributed by atoms with Gasteiger partial charge in [0.2, 0.25) is 5.91 Å². The zero-order valence-electron chi connectivity index (χ0n) is 25.8. The summed E-state index contributed by atoms with van der Waals surface area (Å²) in [6, 6.07) is 10.2. The Labute approximate surface area is 260 Å². The molecule has 1 unspecified atom stereocenters.